The van der Waals surface area contributed by atoms with E-state index in [1.165, 1.54) is 4.90 Å². The predicted octanol–water partition coefficient (Wildman–Crippen LogP) is 4.44. The van der Waals surface area contributed by atoms with E-state index in [0.717, 1.165) is 16.0 Å². The van der Waals surface area contributed by atoms with Crippen LogP contribution in [0.15, 0.2) is 41.8 Å². The van der Waals surface area contributed by atoms with Gasteiger partial charge in [-0.1, -0.05) is 23.7 Å². The summed E-state index contributed by atoms with van der Waals surface area (Å²) in [5.41, 5.74) is 1.97. The maximum atomic E-state index is 13.0. The Kier molecular flexibility index (Phi) is 4.95. The van der Waals surface area contributed by atoms with Gasteiger partial charge < -0.3 is 14.9 Å². The molecular formula is C20H18ClN3O3S. The van der Waals surface area contributed by atoms with E-state index in [9.17, 15) is 14.7 Å². The molecule has 0 aliphatic carbocycles. The molecule has 1 fully saturated rings. The highest BCUT2D eigenvalue weighted by Crippen LogP contribution is 2.31. The second-order valence-electron chi connectivity index (χ2n) is 6.77. The summed E-state index contributed by atoms with van der Waals surface area (Å²) in [7, 11) is 0. The number of rotatable bonds is 2. The van der Waals surface area contributed by atoms with Gasteiger partial charge in [0.2, 0.25) is 0 Å². The first-order valence-corrected chi connectivity index (χ1v) is 10.1. The van der Waals surface area contributed by atoms with E-state index in [1.807, 2.05) is 36.6 Å². The Labute approximate surface area is 171 Å². The highest BCUT2D eigenvalue weighted by Gasteiger charge is 2.30. The summed E-state index contributed by atoms with van der Waals surface area (Å²) < 4.78 is 0. The summed E-state index contributed by atoms with van der Waals surface area (Å²) in [6.07, 6.45) is -0.953. The van der Waals surface area contributed by atoms with Crippen molar-refractivity contribution in [3.05, 3.63) is 52.4 Å². The number of pyridine rings is 1. The Bertz CT molecular complexity index is 1050. The summed E-state index contributed by atoms with van der Waals surface area (Å²) in [6.45, 7) is 2.86. The van der Waals surface area contributed by atoms with E-state index >= 15 is 0 Å². The van der Waals surface area contributed by atoms with E-state index in [2.05, 4.69) is 4.98 Å². The van der Waals surface area contributed by atoms with Crippen LogP contribution in [0.2, 0.25) is 5.02 Å². The Morgan fingerprint density at radius 1 is 1.25 bits per heavy atom. The molecule has 1 aromatic carbocycles. The molecule has 6 nitrogen and oxygen atoms in total. The summed E-state index contributed by atoms with van der Waals surface area (Å²) in [4.78, 5) is 32.9. The Morgan fingerprint density at radius 3 is 2.75 bits per heavy atom. The van der Waals surface area contributed by atoms with Crippen molar-refractivity contribution in [1.29, 1.82) is 0 Å². The molecule has 144 valence electrons. The molecule has 2 amide bonds. The second-order valence-corrected chi connectivity index (χ2v) is 8.13. The molecular weight excluding hydrogens is 398 g/mol. The molecule has 4 rings (SSSR count). The zero-order valence-corrected chi connectivity index (χ0v) is 16.7. The summed E-state index contributed by atoms with van der Waals surface area (Å²) in [5.74, 6) is -0.127. The highest BCUT2D eigenvalue weighted by atomic mass is 35.5. The van der Waals surface area contributed by atoms with Crippen molar-refractivity contribution in [2.45, 2.75) is 13.0 Å². The molecule has 1 atom stereocenters. The third-order valence-electron chi connectivity index (χ3n) is 4.94. The van der Waals surface area contributed by atoms with Gasteiger partial charge in [0, 0.05) is 36.6 Å². The van der Waals surface area contributed by atoms with Gasteiger partial charge in [0.15, 0.2) is 0 Å². The zero-order chi connectivity index (χ0) is 19.8. The molecule has 0 radical (unpaired) electrons. The number of halogens is 1. The van der Waals surface area contributed by atoms with Gasteiger partial charge in [-0.05, 0) is 36.6 Å². The Hall–Kier alpha value is -2.64. The van der Waals surface area contributed by atoms with Crippen LogP contribution in [0.1, 0.15) is 17.3 Å². The lowest BCUT2D eigenvalue weighted by atomic mass is 10.1. The highest BCUT2D eigenvalue weighted by molar-refractivity contribution is 7.13. The molecule has 1 saturated heterocycles. The number of carboxylic acid groups (broad SMARTS) is 1. The first kappa shape index (κ1) is 18.7. The second kappa shape index (κ2) is 7.41. The van der Waals surface area contributed by atoms with Crippen LogP contribution in [0.25, 0.3) is 21.5 Å². The fourth-order valence-electron chi connectivity index (χ4n) is 3.48. The lowest BCUT2D eigenvalue weighted by Crippen LogP contribution is -2.55. The average molecular weight is 416 g/mol. The standard InChI is InChI=1S/C20H18ClN3O3S/c1-12-11-23(6-7-24(12)20(26)27)19(25)13-4-5-14-15(21)10-17(22-16(14)9-13)18-3-2-8-28-18/h2-5,8-10,12H,6-7,11H2,1H3,(H,26,27)/t12-/m1/s1. The van der Waals surface area contributed by atoms with E-state index in [1.54, 1.807) is 28.4 Å². The molecule has 1 aliphatic heterocycles. The molecule has 8 heteroatoms. The van der Waals surface area contributed by atoms with Crippen molar-refractivity contribution >= 4 is 45.8 Å². The van der Waals surface area contributed by atoms with Gasteiger partial charge in [-0.15, -0.1) is 11.3 Å². The number of aromatic nitrogens is 1. The number of hydrogen-bond acceptors (Lipinski definition) is 4. The maximum Gasteiger partial charge on any atom is 0.407 e. The molecule has 1 N–H and O–H groups in total. The SMILES string of the molecule is C[C@@H]1CN(C(=O)c2ccc3c(Cl)cc(-c4cccs4)nc3c2)CCN1C(=O)O. The number of piperazine rings is 1. The number of carbonyl (C=O) groups excluding carboxylic acids is 1. The number of carbonyl (C=O) groups is 2. The van der Waals surface area contributed by atoms with Crippen molar-refractivity contribution in [3.8, 4) is 10.6 Å². The molecule has 0 bridgehead atoms. The van der Waals surface area contributed by atoms with Crippen LogP contribution in [0, 0.1) is 0 Å². The minimum Gasteiger partial charge on any atom is -0.465 e. The summed E-state index contributed by atoms with van der Waals surface area (Å²) in [6, 6.07) is 10.8. The summed E-state index contributed by atoms with van der Waals surface area (Å²) in [5, 5.41) is 12.6. The quantitative estimate of drug-likeness (QED) is 0.671. The van der Waals surface area contributed by atoms with Crippen molar-refractivity contribution in [3.63, 3.8) is 0 Å². The van der Waals surface area contributed by atoms with Crippen LogP contribution in [-0.4, -0.2) is 57.6 Å². The van der Waals surface area contributed by atoms with Gasteiger partial charge in [-0.25, -0.2) is 9.78 Å². The maximum absolute atomic E-state index is 13.0. The average Bonchev–Trinajstić information content (AvgIpc) is 3.21. The molecule has 0 spiro atoms. The molecule has 0 saturated carbocycles. The normalized spacial score (nSPS) is 17.1. The minimum atomic E-state index is -0.953. The van der Waals surface area contributed by atoms with Crippen molar-refractivity contribution in [2.75, 3.05) is 19.6 Å². The first-order valence-electron chi connectivity index (χ1n) is 8.87. The monoisotopic (exact) mass is 415 g/mol. The largest absolute Gasteiger partial charge is 0.465 e. The Morgan fingerprint density at radius 2 is 2.07 bits per heavy atom. The van der Waals surface area contributed by atoms with Gasteiger partial charge in [-0.2, -0.15) is 0 Å². The molecule has 2 aromatic heterocycles. The van der Waals surface area contributed by atoms with Crippen molar-refractivity contribution < 1.29 is 14.7 Å². The van der Waals surface area contributed by atoms with Crippen LogP contribution in [-0.2, 0) is 0 Å². The van der Waals surface area contributed by atoms with Gasteiger partial charge >= 0.3 is 6.09 Å². The van der Waals surface area contributed by atoms with Crippen LogP contribution >= 0.6 is 22.9 Å². The predicted molar refractivity (Wildman–Crippen MR) is 110 cm³/mol. The topological polar surface area (TPSA) is 73.7 Å². The lowest BCUT2D eigenvalue weighted by molar-refractivity contribution is 0.0507. The number of amides is 2. The number of nitrogens with zero attached hydrogens (tertiary/aromatic N) is 3. The van der Waals surface area contributed by atoms with E-state index in [0.29, 0.717) is 35.7 Å². The minimum absolute atomic E-state index is 0.127. The first-order chi connectivity index (χ1) is 13.4. The van der Waals surface area contributed by atoms with Crippen molar-refractivity contribution in [2.24, 2.45) is 0 Å². The van der Waals surface area contributed by atoms with Crippen LogP contribution in [0.3, 0.4) is 0 Å². The molecule has 1 aliphatic rings. The number of fused-ring (bicyclic) bond motifs is 1. The van der Waals surface area contributed by atoms with Crippen LogP contribution in [0.4, 0.5) is 4.79 Å². The third kappa shape index (κ3) is 3.43. The lowest BCUT2D eigenvalue weighted by Gasteiger charge is -2.38. The zero-order valence-electron chi connectivity index (χ0n) is 15.1. The van der Waals surface area contributed by atoms with Gasteiger partial charge in [-0.3, -0.25) is 4.79 Å². The summed E-state index contributed by atoms with van der Waals surface area (Å²) >= 11 is 8.01. The third-order valence-corrected chi connectivity index (χ3v) is 6.15. The van der Waals surface area contributed by atoms with Crippen molar-refractivity contribution in [1.82, 2.24) is 14.8 Å². The number of thiophene rings is 1. The van der Waals surface area contributed by atoms with E-state index in [-0.39, 0.29) is 11.9 Å². The molecule has 0 unspecified atom stereocenters. The van der Waals surface area contributed by atoms with Crippen LogP contribution < -0.4 is 0 Å². The number of hydrogen-bond donors (Lipinski definition) is 1. The Balaban J connectivity index is 1.64. The fraction of sp³-hybridized carbons (Fsp3) is 0.250. The fourth-order valence-corrected chi connectivity index (χ4v) is 4.43. The van der Waals surface area contributed by atoms with Gasteiger partial charge in [0.05, 0.1) is 21.1 Å². The van der Waals surface area contributed by atoms with E-state index < -0.39 is 6.09 Å². The van der Waals surface area contributed by atoms with Gasteiger partial charge in [0.25, 0.3) is 5.91 Å². The molecule has 28 heavy (non-hydrogen) atoms. The molecule has 3 aromatic rings. The van der Waals surface area contributed by atoms with Gasteiger partial charge in [0.1, 0.15) is 0 Å². The smallest absolute Gasteiger partial charge is 0.407 e. The molecule has 3 heterocycles. The number of benzene rings is 1. The van der Waals surface area contributed by atoms with E-state index in [4.69, 9.17) is 11.6 Å². The van der Waals surface area contributed by atoms with Crippen LogP contribution in [0.5, 0.6) is 0 Å².